The van der Waals surface area contributed by atoms with Gasteiger partial charge in [-0.3, -0.25) is 4.72 Å². The van der Waals surface area contributed by atoms with E-state index >= 15 is 0 Å². The minimum Gasteiger partial charge on any atom is -0.389 e. The Morgan fingerprint density at radius 2 is 1.78 bits per heavy atom. The van der Waals surface area contributed by atoms with E-state index in [9.17, 15) is 13.5 Å². The van der Waals surface area contributed by atoms with Crippen molar-refractivity contribution in [1.82, 2.24) is 4.31 Å². The number of nitrogens with one attached hydrogen (secondary N) is 1. The number of hydrogen-bond donors (Lipinski definition) is 2. The number of anilines is 1. The van der Waals surface area contributed by atoms with Crippen molar-refractivity contribution >= 4 is 15.9 Å². The van der Waals surface area contributed by atoms with Gasteiger partial charge in [-0.05, 0) is 26.8 Å². The van der Waals surface area contributed by atoms with Gasteiger partial charge in [0.15, 0.2) is 0 Å². The summed E-state index contributed by atoms with van der Waals surface area (Å²) in [7, 11) is -2.08. The molecule has 6 heteroatoms. The molecule has 0 amide bonds. The molecule has 1 aromatic rings. The molecule has 5 nitrogen and oxygen atoms in total. The first-order chi connectivity index (χ1) is 8.25. The van der Waals surface area contributed by atoms with Gasteiger partial charge in [0.25, 0.3) is 0 Å². The number of rotatable bonds is 5. The second-order valence-electron chi connectivity index (χ2n) is 4.48. The second-order valence-corrected chi connectivity index (χ2v) is 6.21. The molecule has 0 fully saturated rings. The number of aliphatic hydroxyl groups excluding tert-OH is 1. The molecule has 0 heterocycles. The molecule has 102 valence electrons. The lowest BCUT2D eigenvalue weighted by Crippen LogP contribution is -2.37. The third-order valence-corrected chi connectivity index (χ3v) is 4.41. The van der Waals surface area contributed by atoms with Crippen LogP contribution in [0.3, 0.4) is 0 Å². The maximum atomic E-state index is 12.0. The molecule has 0 aliphatic rings. The highest BCUT2D eigenvalue weighted by Crippen LogP contribution is 2.23. The SMILES string of the molecule is CC(O)c1ccccc1NS(=O)(=O)N(C)C(C)C. The van der Waals surface area contributed by atoms with Crippen molar-refractivity contribution in [2.45, 2.75) is 32.9 Å². The van der Waals surface area contributed by atoms with Crippen LogP contribution in [-0.2, 0) is 10.2 Å². The van der Waals surface area contributed by atoms with Crippen molar-refractivity contribution in [2.75, 3.05) is 11.8 Å². The molecule has 1 unspecified atom stereocenters. The molecule has 0 bridgehead atoms. The number of para-hydroxylation sites is 1. The highest BCUT2D eigenvalue weighted by molar-refractivity contribution is 7.90. The maximum Gasteiger partial charge on any atom is 0.301 e. The summed E-state index contributed by atoms with van der Waals surface area (Å²) in [5.74, 6) is 0. The summed E-state index contributed by atoms with van der Waals surface area (Å²) in [6.07, 6.45) is -0.728. The van der Waals surface area contributed by atoms with Crippen LogP contribution in [-0.4, -0.2) is 30.9 Å². The van der Waals surface area contributed by atoms with Gasteiger partial charge in [0, 0.05) is 18.7 Å². The van der Waals surface area contributed by atoms with Gasteiger partial charge in [0.1, 0.15) is 0 Å². The predicted molar refractivity (Wildman–Crippen MR) is 72.5 cm³/mol. The van der Waals surface area contributed by atoms with E-state index in [1.165, 1.54) is 11.4 Å². The number of aliphatic hydroxyl groups is 1. The zero-order chi connectivity index (χ0) is 13.9. The molecule has 0 saturated heterocycles. The molecule has 0 spiro atoms. The van der Waals surface area contributed by atoms with Crippen molar-refractivity contribution in [3.63, 3.8) is 0 Å². The first kappa shape index (κ1) is 14.9. The van der Waals surface area contributed by atoms with Crippen LogP contribution in [0.5, 0.6) is 0 Å². The molecule has 18 heavy (non-hydrogen) atoms. The molecule has 0 aliphatic carbocycles. The lowest BCUT2D eigenvalue weighted by Gasteiger charge is -2.23. The Morgan fingerprint density at radius 1 is 1.22 bits per heavy atom. The summed E-state index contributed by atoms with van der Waals surface area (Å²) in [6.45, 7) is 5.18. The Bertz CT molecular complexity index is 498. The first-order valence-corrected chi connectivity index (χ1v) is 7.22. The Balaban J connectivity index is 3.05. The zero-order valence-corrected chi connectivity index (χ0v) is 11.9. The maximum absolute atomic E-state index is 12.0. The molecular formula is C12H20N2O3S. The number of nitrogens with zero attached hydrogens (tertiary/aromatic N) is 1. The van der Waals surface area contributed by atoms with Crippen molar-refractivity contribution in [2.24, 2.45) is 0 Å². The van der Waals surface area contributed by atoms with Gasteiger partial charge in [-0.25, -0.2) is 0 Å². The fourth-order valence-electron chi connectivity index (χ4n) is 1.44. The van der Waals surface area contributed by atoms with E-state index in [0.717, 1.165) is 0 Å². The quantitative estimate of drug-likeness (QED) is 0.857. The van der Waals surface area contributed by atoms with E-state index < -0.39 is 16.3 Å². The van der Waals surface area contributed by atoms with Crippen molar-refractivity contribution in [3.05, 3.63) is 29.8 Å². The topological polar surface area (TPSA) is 69.6 Å². The minimum atomic E-state index is -3.60. The van der Waals surface area contributed by atoms with Crippen LogP contribution in [0.15, 0.2) is 24.3 Å². The Hall–Kier alpha value is -1.11. The van der Waals surface area contributed by atoms with Gasteiger partial charge in [-0.1, -0.05) is 18.2 Å². The van der Waals surface area contributed by atoms with E-state index in [-0.39, 0.29) is 6.04 Å². The fraction of sp³-hybridized carbons (Fsp3) is 0.500. The molecular weight excluding hydrogens is 252 g/mol. The third-order valence-electron chi connectivity index (χ3n) is 2.76. The average Bonchev–Trinajstić information content (AvgIpc) is 2.27. The molecule has 1 rings (SSSR count). The van der Waals surface area contributed by atoms with Crippen molar-refractivity contribution in [3.8, 4) is 0 Å². The minimum absolute atomic E-state index is 0.138. The summed E-state index contributed by atoms with van der Waals surface area (Å²) in [6, 6.07) is 6.66. The molecule has 0 aromatic heterocycles. The van der Waals surface area contributed by atoms with Crippen LogP contribution in [0.2, 0.25) is 0 Å². The van der Waals surface area contributed by atoms with E-state index in [1.54, 1.807) is 45.0 Å². The standard InChI is InChI=1S/C12H20N2O3S/c1-9(2)14(4)18(16,17)13-12-8-6-5-7-11(12)10(3)15/h5-10,13,15H,1-4H3. The molecule has 1 aromatic carbocycles. The van der Waals surface area contributed by atoms with Gasteiger partial charge in [0.05, 0.1) is 11.8 Å². The summed E-state index contributed by atoms with van der Waals surface area (Å²) in [5, 5.41) is 9.60. The van der Waals surface area contributed by atoms with E-state index in [4.69, 9.17) is 0 Å². The van der Waals surface area contributed by atoms with Gasteiger partial charge >= 0.3 is 10.2 Å². The Kier molecular flexibility index (Phi) is 4.72. The van der Waals surface area contributed by atoms with Gasteiger partial charge in [0.2, 0.25) is 0 Å². The van der Waals surface area contributed by atoms with Gasteiger partial charge in [-0.2, -0.15) is 12.7 Å². The smallest absolute Gasteiger partial charge is 0.301 e. The number of hydrogen-bond acceptors (Lipinski definition) is 3. The lowest BCUT2D eigenvalue weighted by atomic mass is 10.1. The number of benzene rings is 1. The van der Waals surface area contributed by atoms with Crippen LogP contribution >= 0.6 is 0 Å². The summed E-state index contributed by atoms with van der Waals surface area (Å²) in [4.78, 5) is 0. The fourth-order valence-corrected chi connectivity index (χ4v) is 2.61. The second kappa shape index (κ2) is 5.69. The first-order valence-electron chi connectivity index (χ1n) is 5.78. The van der Waals surface area contributed by atoms with Gasteiger partial charge < -0.3 is 5.11 Å². The van der Waals surface area contributed by atoms with Crippen LogP contribution in [0.4, 0.5) is 5.69 Å². The Labute approximate surface area is 109 Å². The van der Waals surface area contributed by atoms with Crippen molar-refractivity contribution in [1.29, 1.82) is 0 Å². The van der Waals surface area contributed by atoms with Crippen LogP contribution < -0.4 is 4.72 Å². The zero-order valence-electron chi connectivity index (χ0n) is 11.1. The highest BCUT2D eigenvalue weighted by Gasteiger charge is 2.21. The molecule has 0 aliphatic heterocycles. The van der Waals surface area contributed by atoms with Crippen LogP contribution in [0.1, 0.15) is 32.4 Å². The van der Waals surface area contributed by atoms with E-state index in [1.807, 2.05) is 0 Å². The molecule has 1 atom stereocenters. The van der Waals surface area contributed by atoms with Gasteiger partial charge in [-0.15, -0.1) is 0 Å². The monoisotopic (exact) mass is 272 g/mol. The third kappa shape index (κ3) is 3.44. The van der Waals surface area contributed by atoms with E-state index in [2.05, 4.69) is 4.72 Å². The molecule has 2 N–H and O–H groups in total. The van der Waals surface area contributed by atoms with Crippen LogP contribution in [0, 0.1) is 0 Å². The van der Waals surface area contributed by atoms with Crippen LogP contribution in [0.25, 0.3) is 0 Å². The summed E-state index contributed by atoms with van der Waals surface area (Å²) >= 11 is 0. The lowest BCUT2D eigenvalue weighted by molar-refractivity contribution is 0.200. The molecule has 0 radical (unpaired) electrons. The largest absolute Gasteiger partial charge is 0.389 e. The highest BCUT2D eigenvalue weighted by atomic mass is 32.2. The molecule has 0 saturated carbocycles. The summed E-state index contributed by atoms with van der Waals surface area (Å²) in [5.41, 5.74) is 0.957. The predicted octanol–water partition coefficient (Wildman–Crippen LogP) is 1.74. The normalized spacial score (nSPS) is 13.9. The van der Waals surface area contributed by atoms with E-state index in [0.29, 0.717) is 11.3 Å². The Morgan fingerprint density at radius 3 is 2.28 bits per heavy atom. The average molecular weight is 272 g/mol. The van der Waals surface area contributed by atoms with Crippen molar-refractivity contribution < 1.29 is 13.5 Å². The summed E-state index contributed by atoms with van der Waals surface area (Å²) < 4.78 is 27.8.